The molecule has 0 amide bonds. The number of aromatic nitrogens is 5. The van der Waals surface area contributed by atoms with Crippen LogP contribution in [-0.4, -0.2) is 82.9 Å². The summed E-state index contributed by atoms with van der Waals surface area (Å²) in [4.78, 5) is 18.2. The minimum Gasteiger partial charge on any atom is -0.406 e. The SMILES string of the molecule is CC(C)N(C[C@H]1O[C@@H](n2ccc3c(N)ncnc32)[C@H](O)[C@@H]1O)C1CC(CCCc2nc3ccc(OC(F)(F)F)cc3[nH]2)C1. The highest BCUT2D eigenvalue weighted by molar-refractivity contribution is 5.86. The van der Waals surface area contributed by atoms with E-state index in [9.17, 15) is 23.4 Å². The van der Waals surface area contributed by atoms with Gasteiger partial charge < -0.3 is 35.0 Å². The number of hydrogen-bond donors (Lipinski definition) is 4. The number of rotatable bonds is 10. The average Bonchev–Trinajstić information content (AvgIpc) is 3.60. The van der Waals surface area contributed by atoms with Crippen LogP contribution in [-0.2, 0) is 11.2 Å². The monoisotopic (exact) mass is 603 g/mol. The fraction of sp³-hybridized carbons (Fsp3) is 0.552. The van der Waals surface area contributed by atoms with Crippen molar-refractivity contribution in [2.24, 2.45) is 5.92 Å². The lowest BCUT2D eigenvalue weighted by molar-refractivity contribution is -0.274. The number of nitrogens with one attached hydrogen (secondary N) is 1. The number of aliphatic hydroxyl groups excluding tert-OH is 2. The van der Waals surface area contributed by atoms with Crippen LogP contribution >= 0.6 is 0 Å². The van der Waals surface area contributed by atoms with Crippen LogP contribution < -0.4 is 10.5 Å². The van der Waals surface area contributed by atoms with Gasteiger partial charge in [-0.05, 0) is 63.6 Å². The summed E-state index contributed by atoms with van der Waals surface area (Å²) >= 11 is 0. The summed E-state index contributed by atoms with van der Waals surface area (Å²) in [5.41, 5.74) is 7.61. The Balaban J connectivity index is 1.01. The van der Waals surface area contributed by atoms with Crippen LogP contribution in [0.1, 0.15) is 51.6 Å². The molecule has 4 atom stereocenters. The van der Waals surface area contributed by atoms with Crippen LogP contribution in [0.25, 0.3) is 22.1 Å². The van der Waals surface area contributed by atoms with E-state index in [4.69, 9.17) is 10.5 Å². The number of aliphatic hydroxyl groups is 2. The Kier molecular flexibility index (Phi) is 7.96. The maximum Gasteiger partial charge on any atom is 0.573 e. The van der Waals surface area contributed by atoms with Gasteiger partial charge in [-0.15, -0.1) is 13.2 Å². The third-order valence-electron chi connectivity index (χ3n) is 8.65. The molecule has 2 fully saturated rings. The topological polar surface area (TPSA) is 148 Å². The molecular formula is C29H36F3N7O4. The third-order valence-corrected chi connectivity index (χ3v) is 8.65. The number of fused-ring (bicyclic) bond motifs is 2. The zero-order valence-electron chi connectivity index (χ0n) is 23.9. The van der Waals surface area contributed by atoms with Crippen molar-refractivity contribution in [3.63, 3.8) is 0 Å². The molecule has 5 N–H and O–H groups in total. The second-order valence-corrected chi connectivity index (χ2v) is 11.8. The van der Waals surface area contributed by atoms with Crippen LogP contribution in [0, 0.1) is 5.92 Å². The molecule has 1 aliphatic heterocycles. The van der Waals surface area contributed by atoms with Gasteiger partial charge in [-0.2, -0.15) is 0 Å². The van der Waals surface area contributed by atoms with E-state index in [1.165, 1.54) is 24.5 Å². The Morgan fingerprint density at radius 2 is 1.98 bits per heavy atom. The molecule has 11 nitrogen and oxygen atoms in total. The lowest BCUT2D eigenvalue weighted by Crippen LogP contribution is -2.52. The summed E-state index contributed by atoms with van der Waals surface area (Å²) in [5, 5.41) is 22.4. The van der Waals surface area contributed by atoms with E-state index in [2.05, 4.69) is 43.4 Å². The highest BCUT2D eigenvalue weighted by Gasteiger charge is 2.46. The van der Waals surface area contributed by atoms with Crippen molar-refractivity contribution in [2.45, 2.75) is 88.9 Å². The third kappa shape index (κ3) is 6.14. The molecule has 0 spiro atoms. The minimum absolute atomic E-state index is 0.222. The number of imidazole rings is 1. The summed E-state index contributed by atoms with van der Waals surface area (Å²) in [7, 11) is 0. The number of nitrogen functional groups attached to an aromatic ring is 1. The fourth-order valence-corrected chi connectivity index (χ4v) is 6.42. The Morgan fingerprint density at radius 3 is 2.72 bits per heavy atom. The highest BCUT2D eigenvalue weighted by Crippen LogP contribution is 2.39. The molecule has 0 radical (unpaired) electrons. The highest BCUT2D eigenvalue weighted by atomic mass is 19.4. The molecule has 43 heavy (non-hydrogen) atoms. The van der Waals surface area contributed by atoms with Crippen molar-refractivity contribution in [2.75, 3.05) is 12.3 Å². The number of nitrogens with two attached hydrogens (primary N) is 1. The van der Waals surface area contributed by atoms with Gasteiger partial charge in [0.1, 0.15) is 47.7 Å². The first kappa shape index (κ1) is 29.6. The normalized spacial score (nSPS) is 26.2. The van der Waals surface area contributed by atoms with E-state index >= 15 is 0 Å². The van der Waals surface area contributed by atoms with E-state index < -0.39 is 30.9 Å². The second-order valence-electron chi connectivity index (χ2n) is 11.8. The fourth-order valence-electron chi connectivity index (χ4n) is 6.42. The van der Waals surface area contributed by atoms with Crippen LogP contribution in [0.5, 0.6) is 5.75 Å². The Labute approximate surface area is 245 Å². The molecule has 1 saturated carbocycles. The molecule has 232 valence electrons. The van der Waals surface area contributed by atoms with Crippen LogP contribution in [0.15, 0.2) is 36.8 Å². The number of aryl methyl sites for hydroxylation is 1. The molecule has 4 aromatic rings. The first-order chi connectivity index (χ1) is 20.5. The molecule has 0 bridgehead atoms. The Morgan fingerprint density at radius 1 is 1.19 bits per heavy atom. The Bertz CT molecular complexity index is 1570. The molecule has 6 rings (SSSR count). The van der Waals surface area contributed by atoms with Gasteiger partial charge in [0.25, 0.3) is 0 Å². The molecule has 1 saturated heterocycles. The van der Waals surface area contributed by atoms with Gasteiger partial charge in [0.2, 0.25) is 0 Å². The number of anilines is 1. The largest absolute Gasteiger partial charge is 0.573 e. The van der Waals surface area contributed by atoms with Crippen molar-refractivity contribution in [1.82, 2.24) is 29.4 Å². The van der Waals surface area contributed by atoms with Crippen molar-refractivity contribution in [3.8, 4) is 5.75 Å². The van der Waals surface area contributed by atoms with Gasteiger partial charge in [0.15, 0.2) is 6.23 Å². The summed E-state index contributed by atoms with van der Waals surface area (Å²) in [6, 6.07) is 6.43. The lowest BCUT2D eigenvalue weighted by Gasteiger charge is -2.46. The number of ether oxygens (including phenoxy) is 2. The van der Waals surface area contributed by atoms with Crippen molar-refractivity contribution >= 4 is 27.9 Å². The first-order valence-electron chi connectivity index (χ1n) is 14.6. The quantitative estimate of drug-likeness (QED) is 0.212. The van der Waals surface area contributed by atoms with E-state index in [-0.39, 0.29) is 11.8 Å². The number of nitrogens with zero attached hydrogens (tertiary/aromatic N) is 5. The number of hydrogen-bond acceptors (Lipinski definition) is 9. The smallest absolute Gasteiger partial charge is 0.406 e. The predicted octanol–water partition coefficient (Wildman–Crippen LogP) is 3.92. The van der Waals surface area contributed by atoms with E-state index in [0.29, 0.717) is 52.8 Å². The van der Waals surface area contributed by atoms with Gasteiger partial charge in [-0.1, -0.05) is 0 Å². The van der Waals surface area contributed by atoms with Gasteiger partial charge in [0, 0.05) is 37.3 Å². The average molecular weight is 604 g/mol. The summed E-state index contributed by atoms with van der Waals surface area (Å²) in [5.74, 6) is 1.35. The maximum absolute atomic E-state index is 12.5. The van der Waals surface area contributed by atoms with E-state index in [1.807, 2.05) is 0 Å². The number of halogens is 3. The van der Waals surface area contributed by atoms with E-state index in [0.717, 1.165) is 31.5 Å². The van der Waals surface area contributed by atoms with Gasteiger partial charge in [-0.3, -0.25) is 4.90 Å². The summed E-state index contributed by atoms with van der Waals surface area (Å²) in [6.45, 7) is 4.72. The zero-order chi connectivity index (χ0) is 30.5. The van der Waals surface area contributed by atoms with Gasteiger partial charge in [0.05, 0.1) is 16.4 Å². The van der Waals surface area contributed by atoms with Crippen molar-refractivity contribution in [3.05, 3.63) is 42.6 Å². The molecule has 2 aliphatic rings. The lowest BCUT2D eigenvalue weighted by atomic mass is 9.76. The number of H-pyrrole nitrogens is 1. The molecule has 14 heteroatoms. The van der Waals surface area contributed by atoms with Crippen LogP contribution in [0.2, 0.25) is 0 Å². The van der Waals surface area contributed by atoms with Gasteiger partial charge in [-0.25, -0.2) is 15.0 Å². The van der Waals surface area contributed by atoms with Crippen LogP contribution in [0.4, 0.5) is 19.0 Å². The number of alkyl halides is 3. The molecule has 0 unspecified atom stereocenters. The minimum atomic E-state index is -4.74. The van der Waals surface area contributed by atoms with E-state index in [1.54, 1.807) is 16.8 Å². The van der Waals surface area contributed by atoms with Gasteiger partial charge >= 0.3 is 6.36 Å². The zero-order valence-corrected chi connectivity index (χ0v) is 23.9. The first-order valence-corrected chi connectivity index (χ1v) is 14.6. The number of aromatic amines is 1. The predicted molar refractivity (Wildman–Crippen MR) is 152 cm³/mol. The Hall–Kier alpha value is -3.46. The standard InChI is InChI=1S/C29H36F3N7O4/c1-15(2)39(13-22-24(40)25(41)28(42-22)38-9-8-19-26(33)34-14-35-27(19)38)17-10-16(11-17)4-3-5-23-36-20-7-6-18(12-21(20)37-23)43-29(30,31)32/h6-9,12,14-17,22,24-25,28,40-41H,3-5,10-11,13H2,1-2H3,(H,36,37)(H2,33,34,35)/t16?,17?,22-,24-,25-,28-/m1/s1. The van der Waals surface area contributed by atoms with Crippen molar-refractivity contribution < 1.29 is 32.9 Å². The molecule has 1 aromatic carbocycles. The van der Waals surface area contributed by atoms with Crippen molar-refractivity contribution in [1.29, 1.82) is 0 Å². The summed E-state index contributed by atoms with van der Waals surface area (Å²) in [6.07, 6.45) is -0.539. The molecule has 4 heterocycles. The maximum atomic E-state index is 12.5. The number of benzene rings is 1. The molecular weight excluding hydrogens is 567 g/mol. The van der Waals surface area contributed by atoms with Crippen LogP contribution in [0.3, 0.4) is 0 Å². The molecule has 3 aromatic heterocycles. The molecule has 1 aliphatic carbocycles. The summed E-state index contributed by atoms with van der Waals surface area (Å²) < 4.78 is 49.5. The second kappa shape index (κ2) is 11.6.